The number of carbonyl (C=O) groups excluding carboxylic acids is 3. The second-order valence-corrected chi connectivity index (χ2v) is 4.86. The van der Waals surface area contributed by atoms with Crippen molar-refractivity contribution in [1.82, 2.24) is 10.2 Å². The fourth-order valence-corrected chi connectivity index (χ4v) is 2.12. The number of methoxy groups -OCH3 is 1. The summed E-state index contributed by atoms with van der Waals surface area (Å²) in [5.74, 6) is -0.875. The molecule has 0 aromatic heterocycles. The lowest BCUT2D eigenvalue weighted by Crippen LogP contribution is -2.51. The molecule has 0 aliphatic carbocycles. The Morgan fingerprint density at radius 2 is 2.05 bits per heavy atom. The molecule has 0 bridgehead atoms. The summed E-state index contributed by atoms with van der Waals surface area (Å²) in [6.45, 7) is 0.650. The number of carbonyl (C=O) groups is 3. The molecule has 1 fully saturated rings. The fraction of sp³-hybridized carbons (Fsp3) is 0.400. The Morgan fingerprint density at radius 1 is 1.32 bits per heavy atom. The molecule has 1 atom stereocenters. The van der Waals surface area contributed by atoms with Crippen LogP contribution in [0.1, 0.15) is 5.56 Å². The molecular weight excluding hydrogens is 288 g/mol. The van der Waals surface area contributed by atoms with Crippen LogP contribution in [0.25, 0.3) is 0 Å². The van der Waals surface area contributed by atoms with Crippen LogP contribution >= 0.6 is 0 Å². The zero-order valence-corrected chi connectivity index (χ0v) is 12.3. The van der Waals surface area contributed by atoms with Crippen LogP contribution in [0, 0.1) is 0 Å². The highest BCUT2D eigenvalue weighted by molar-refractivity contribution is 5.84. The largest absolute Gasteiger partial charge is 0.466 e. The normalized spacial score (nSPS) is 15.7. The van der Waals surface area contributed by atoms with Crippen LogP contribution < -0.4 is 5.32 Å². The molecular formula is C15H18N2O5. The first kappa shape index (κ1) is 15.8. The number of nitrogens with one attached hydrogen (secondary N) is 1. The van der Waals surface area contributed by atoms with E-state index >= 15 is 0 Å². The zero-order valence-electron chi connectivity index (χ0n) is 12.3. The summed E-state index contributed by atoms with van der Waals surface area (Å²) in [5, 5.41) is 2.61. The van der Waals surface area contributed by atoms with Crippen molar-refractivity contribution in [2.24, 2.45) is 0 Å². The number of amides is 2. The van der Waals surface area contributed by atoms with Gasteiger partial charge in [-0.1, -0.05) is 30.3 Å². The Kier molecular flexibility index (Phi) is 5.35. The van der Waals surface area contributed by atoms with Gasteiger partial charge in [-0.25, -0.2) is 9.59 Å². The standard InChI is InChI=1S/C15H18N2O5/c1-21-14(19)12(9-11-5-3-2-4-6-11)22-15(20)17-8-7-16-13(18)10-17/h2-6,12H,7-10H2,1H3,(H,16,18). The van der Waals surface area contributed by atoms with Crippen molar-refractivity contribution in [2.45, 2.75) is 12.5 Å². The minimum absolute atomic E-state index is 0.0714. The van der Waals surface area contributed by atoms with Crippen LogP contribution in [0.15, 0.2) is 30.3 Å². The molecule has 2 amide bonds. The minimum atomic E-state index is -1.04. The predicted octanol–water partition coefficient (Wildman–Crippen LogP) is 0.339. The molecule has 7 heteroatoms. The van der Waals surface area contributed by atoms with Gasteiger partial charge in [0.05, 0.1) is 7.11 Å². The van der Waals surface area contributed by atoms with Gasteiger partial charge in [0.15, 0.2) is 0 Å². The van der Waals surface area contributed by atoms with Crippen LogP contribution in [0.2, 0.25) is 0 Å². The van der Waals surface area contributed by atoms with Crippen molar-refractivity contribution in [3.8, 4) is 0 Å². The molecule has 1 saturated heterocycles. The molecule has 22 heavy (non-hydrogen) atoms. The van der Waals surface area contributed by atoms with Crippen molar-refractivity contribution in [1.29, 1.82) is 0 Å². The van der Waals surface area contributed by atoms with Gasteiger partial charge in [-0.2, -0.15) is 0 Å². The van der Waals surface area contributed by atoms with Gasteiger partial charge in [0, 0.05) is 19.5 Å². The Labute approximate surface area is 128 Å². The van der Waals surface area contributed by atoms with E-state index in [9.17, 15) is 14.4 Å². The van der Waals surface area contributed by atoms with Crippen molar-refractivity contribution in [2.75, 3.05) is 26.7 Å². The molecule has 118 valence electrons. The van der Waals surface area contributed by atoms with Crippen molar-refractivity contribution >= 4 is 18.0 Å². The number of nitrogens with zero attached hydrogens (tertiary/aromatic N) is 1. The van der Waals surface area contributed by atoms with Crippen LogP contribution in [-0.2, 0) is 25.5 Å². The number of rotatable bonds is 4. The maximum absolute atomic E-state index is 12.1. The Balaban J connectivity index is 2.01. The monoisotopic (exact) mass is 306 g/mol. The third-order valence-electron chi connectivity index (χ3n) is 3.27. The number of hydrogen-bond donors (Lipinski definition) is 1. The average Bonchev–Trinajstić information content (AvgIpc) is 2.54. The summed E-state index contributed by atoms with van der Waals surface area (Å²) in [5.41, 5.74) is 0.849. The molecule has 1 N–H and O–H groups in total. The fourth-order valence-electron chi connectivity index (χ4n) is 2.12. The number of piperazine rings is 1. The lowest BCUT2D eigenvalue weighted by molar-refractivity contribution is -0.151. The van der Waals surface area contributed by atoms with E-state index in [4.69, 9.17) is 4.74 Å². The predicted molar refractivity (Wildman–Crippen MR) is 77.0 cm³/mol. The number of benzene rings is 1. The summed E-state index contributed by atoms with van der Waals surface area (Å²) >= 11 is 0. The molecule has 1 aliphatic rings. The molecule has 0 saturated carbocycles. The molecule has 0 spiro atoms. The third kappa shape index (κ3) is 4.21. The van der Waals surface area contributed by atoms with Gasteiger partial charge in [-0.3, -0.25) is 9.69 Å². The summed E-state index contributed by atoms with van der Waals surface area (Å²) in [7, 11) is 1.24. The van der Waals surface area contributed by atoms with Gasteiger partial charge in [0.1, 0.15) is 6.54 Å². The minimum Gasteiger partial charge on any atom is -0.466 e. The van der Waals surface area contributed by atoms with Crippen LogP contribution in [0.3, 0.4) is 0 Å². The number of esters is 1. The second kappa shape index (κ2) is 7.44. The second-order valence-electron chi connectivity index (χ2n) is 4.86. The molecule has 1 unspecified atom stereocenters. The molecule has 1 aromatic carbocycles. The molecule has 1 aliphatic heterocycles. The lowest BCUT2D eigenvalue weighted by Gasteiger charge is -2.27. The van der Waals surface area contributed by atoms with E-state index in [1.165, 1.54) is 12.0 Å². The van der Waals surface area contributed by atoms with Gasteiger partial charge in [0.25, 0.3) is 0 Å². The van der Waals surface area contributed by atoms with Crippen molar-refractivity contribution < 1.29 is 23.9 Å². The van der Waals surface area contributed by atoms with Gasteiger partial charge in [-0.05, 0) is 5.56 Å². The molecule has 1 heterocycles. The summed E-state index contributed by atoms with van der Waals surface area (Å²) in [4.78, 5) is 36.4. The van der Waals surface area contributed by atoms with E-state index in [2.05, 4.69) is 10.1 Å². The van der Waals surface area contributed by atoms with E-state index in [0.717, 1.165) is 5.56 Å². The molecule has 2 rings (SSSR count). The Bertz CT molecular complexity index is 546. The highest BCUT2D eigenvalue weighted by Crippen LogP contribution is 2.10. The zero-order chi connectivity index (χ0) is 15.9. The van der Waals surface area contributed by atoms with Crippen LogP contribution in [0.4, 0.5) is 4.79 Å². The first-order chi connectivity index (χ1) is 10.6. The average molecular weight is 306 g/mol. The maximum atomic E-state index is 12.1. The van der Waals surface area contributed by atoms with Crippen molar-refractivity contribution in [3.63, 3.8) is 0 Å². The van der Waals surface area contributed by atoms with Gasteiger partial charge in [-0.15, -0.1) is 0 Å². The number of hydrogen-bond acceptors (Lipinski definition) is 5. The summed E-state index contributed by atoms with van der Waals surface area (Å²) in [6, 6.07) is 9.19. The SMILES string of the molecule is COC(=O)C(Cc1ccccc1)OC(=O)N1CCNC(=O)C1. The quantitative estimate of drug-likeness (QED) is 0.811. The molecule has 1 aromatic rings. The van der Waals surface area contributed by atoms with Gasteiger partial charge >= 0.3 is 12.1 Å². The van der Waals surface area contributed by atoms with Crippen LogP contribution in [-0.4, -0.2) is 55.7 Å². The summed E-state index contributed by atoms with van der Waals surface area (Å²) in [6.07, 6.45) is -1.51. The van der Waals surface area contributed by atoms with Gasteiger partial charge in [0.2, 0.25) is 12.0 Å². The van der Waals surface area contributed by atoms with Crippen LogP contribution in [0.5, 0.6) is 0 Å². The Morgan fingerprint density at radius 3 is 2.68 bits per heavy atom. The lowest BCUT2D eigenvalue weighted by atomic mass is 10.1. The van der Waals surface area contributed by atoms with Crippen molar-refractivity contribution in [3.05, 3.63) is 35.9 Å². The highest BCUT2D eigenvalue weighted by atomic mass is 16.6. The first-order valence-electron chi connectivity index (χ1n) is 6.94. The molecule has 0 radical (unpaired) electrons. The van der Waals surface area contributed by atoms with E-state index in [-0.39, 0.29) is 18.9 Å². The van der Waals surface area contributed by atoms with E-state index in [1.807, 2.05) is 30.3 Å². The summed E-state index contributed by atoms with van der Waals surface area (Å²) < 4.78 is 9.91. The molecule has 7 nitrogen and oxygen atoms in total. The Hall–Kier alpha value is -2.57. The number of ether oxygens (including phenoxy) is 2. The van der Waals surface area contributed by atoms with Gasteiger partial charge < -0.3 is 14.8 Å². The maximum Gasteiger partial charge on any atom is 0.411 e. The third-order valence-corrected chi connectivity index (χ3v) is 3.27. The van der Waals surface area contributed by atoms with E-state index in [0.29, 0.717) is 13.1 Å². The van der Waals surface area contributed by atoms with E-state index < -0.39 is 18.2 Å². The topological polar surface area (TPSA) is 84.9 Å². The smallest absolute Gasteiger partial charge is 0.411 e. The highest BCUT2D eigenvalue weighted by Gasteiger charge is 2.29. The van der Waals surface area contributed by atoms with E-state index in [1.54, 1.807) is 0 Å². The first-order valence-corrected chi connectivity index (χ1v) is 6.94.